The Morgan fingerprint density at radius 1 is 1.40 bits per heavy atom. The molecule has 1 heterocycles. The van der Waals surface area contributed by atoms with Gasteiger partial charge in [-0.05, 0) is 24.3 Å². The second-order valence-electron chi connectivity index (χ2n) is 4.18. The van der Waals surface area contributed by atoms with Crippen molar-refractivity contribution in [3.05, 3.63) is 41.0 Å². The van der Waals surface area contributed by atoms with Crippen LogP contribution in [0.25, 0.3) is 0 Å². The third-order valence-corrected chi connectivity index (χ3v) is 2.91. The van der Waals surface area contributed by atoms with Gasteiger partial charge in [0.15, 0.2) is 5.82 Å². The van der Waals surface area contributed by atoms with Gasteiger partial charge in [0, 0.05) is 17.1 Å². The van der Waals surface area contributed by atoms with Gasteiger partial charge in [-0.1, -0.05) is 23.7 Å². The second kappa shape index (κ2) is 6.38. The minimum absolute atomic E-state index is 0.155. The smallest absolute Gasteiger partial charge is 0.323 e. The van der Waals surface area contributed by atoms with Gasteiger partial charge < -0.3 is 14.5 Å². The summed E-state index contributed by atoms with van der Waals surface area (Å²) in [4.78, 5) is 16.8. The van der Waals surface area contributed by atoms with Gasteiger partial charge in [-0.3, -0.25) is 4.79 Å². The van der Waals surface area contributed by atoms with Crippen molar-refractivity contribution in [1.29, 1.82) is 0 Å². The van der Waals surface area contributed by atoms with Crippen molar-refractivity contribution in [3.63, 3.8) is 0 Å². The van der Waals surface area contributed by atoms with Crippen LogP contribution in [0.5, 0.6) is 0 Å². The quantitative estimate of drug-likeness (QED) is 0.881. The van der Waals surface area contributed by atoms with E-state index in [1.165, 1.54) is 0 Å². The maximum absolute atomic E-state index is 11.0. The van der Waals surface area contributed by atoms with Crippen LogP contribution in [0.1, 0.15) is 18.6 Å². The van der Waals surface area contributed by atoms with Gasteiger partial charge in [0.05, 0.1) is 6.54 Å². The summed E-state index contributed by atoms with van der Waals surface area (Å²) in [5, 5.41) is 13.4. The molecular weight excluding hydrogens is 282 g/mol. The number of hydrogen-bond donors (Lipinski definition) is 1. The standard InChI is InChI=1S/C13H14ClN3O3/c1-2-12-15-11(16-20-12)7-17(8-13(18)19)10-5-3-9(14)4-6-10/h3-6H,2,7-8H2,1H3,(H,18,19). The van der Waals surface area contributed by atoms with Crippen LogP contribution in [0.3, 0.4) is 0 Å². The van der Waals surface area contributed by atoms with Crippen molar-refractivity contribution >= 4 is 23.3 Å². The third-order valence-electron chi connectivity index (χ3n) is 2.66. The molecule has 1 aromatic carbocycles. The topological polar surface area (TPSA) is 79.5 Å². The van der Waals surface area contributed by atoms with Gasteiger partial charge in [0.2, 0.25) is 5.89 Å². The van der Waals surface area contributed by atoms with Crippen LogP contribution in [0, 0.1) is 0 Å². The normalized spacial score (nSPS) is 10.5. The Hall–Kier alpha value is -2.08. The minimum atomic E-state index is -0.931. The van der Waals surface area contributed by atoms with Crippen LogP contribution in [0.2, 0.25) is 5.02 Å². The highest BCUT2D eigenvalue weighted by Crippen LogP contribution is 2.19. The summed E-state index contributed by atoms with van der Waals surface area (Å²) in [5.41, 5.74) is 0.736. The van der Waals surface area contributed by atoms with Crippen molar-refractivity contribution in [1.82, 2.24) is 10.1 Å². The lowest BCUT2D eigenvalue weighted by Gasteiger charge is -2.21. The van der Waals surface area contributed by atoms with Gasteiger partial charge in [-0.2, -0.15) is 4.98 Å². The molecule has 1 N–H and O–H groups in total. The van der Waals surface area contributed by atoms with E-state index in [-0.39, 0.29) is 13.1 Å². The van der Waals surface area contributed by atoms with Crippen molar-refractivity contribution in [3.8, 4) is 0 Å². The molecule has 20 heavy (non-hydrogen) atoms. The number of aliphatic carboxylic acids is 1. The molecule has 0 unspecified atom stereocenters. The first kappa shape index (κ1) is 14.3. The van der Waals surface area contributed by atoms with E-state index in [2.05, 4.69) is 10.1 Å². The Bertz CT molecular complexity index is 583. The Balaban J connectivity index is 2.18. The number of rotatable bonds is 6. The first-order chi connectivity index (χ1) is 9.58. The number of benzene rings is 1. The number of aromatic nitrogens is 2. The first-order valence-corrected chi connectivity index (χ1v) is 6.50. The van der Waals surface area contributed by atoms with Crippen LogP contribution >= 0.6 is 11.6 Å². The van der Waals surface area contributed by atoms with Crippen LogP contribution < -0.4 is 4.90 Å². The fraction of sp³-hybridized carbons (Fsp3) is 0.308. The zero-order chi connectivity index (χ0) is 14.5. The average Bonchev–Trinajstić information content (AvgIpc) is 2.86. The van der Waals surface area contributed by atoms with E-state index in [4.69, 9.17) is 21.2 Å². The van der Waals surface area contributed by atoms with E-state index < -0.39 is 5.97 Å². The highest BCUT2D eigenvalue weighted by atomic mass is 35.5. The van der Waals surface area contributed by atoms with Crippen molar-refractivity contribution < 1.29 is 14.4 Å². The highest BCUT2D eigenvalue weighted by Gasteiger charge is 2.15. The number of aryl methyl sites for hydroxylation is 1. The first-order valence-electron chi connectivity index (χ1n) is 6.12. The molecule has 2 aromatic rings. The number of hydrogen-bond acceptors (Lipinski definition) is 5. The average molecular weight is 296 g/mol. The summed E-state index contributed by atoms with van der Waals surface area (Å²) < 4.78 is 5.02. The second-order valence-corrected chi connectivity index (χ2v) is 4.62. The molecule has 0 fully saturated rings. The van der Waals surface area contributed by atoms with Gasteiger partial charge in [-0.15, -0.1) is 0 Å². The summed E-state index contributed by atoms with van der Waals surface area (Å²) in [6.45, 7) is 2.01. The summed E-state index contributed by atoms with van der Waals surface area (Å²) in [7, 11) is 0. The Morgan fingerprint density at radius 2 is 2.10 bits per heavy atom. The summed E-state index contributed by atoms with van der Waals surface area (Å²) in [6.07, 6.45) is 0.646. The monoisotopic (exact) mass is 295 g/mol. The number of halogens is 1. The number of carbonyl (C=O) groups is 1. The maximum Gasteiger partial charge on any atom is 0.323 e. The summed E-state index contributed by atoms with van der Waals surface area (Å²) in [5.74, 6) is 0.0589. The molecule has 6 nitrogen and oxygen atoms in total. The maximum atomic E-state index is 11.0. The molecule has 0 saturated carbocycles. The highest BCUT2D eigenvalue weighted by molar-refractivity contribution is 6.30. The van der Waals surface area contributed by atoms with Gasteiger partial charge in [0.25, 0.3) is 0 Å². The Morgan fingerprint density at radius 3 is 2.65 bits per heavy atom. The molecule has 0 aliphatic heterocycles. The van der Waals surface area contributed by atoms with E-state index in [0.717, 1.165) is 5.69 Å². The summed E-state index contributed by atoms with van der Waals surface area (Å²) in [6, 6.07) is 6.93. The van der Waals surface area contributed by atoms with Crippen molar-refractivity contribution in [2.45, 2.75) is 19.9 Å². The molecule has 1 aromatic heterocycles. The molecule has 0 spiro atoms. The molecule has 0 amide bonds. The number of anilines is 1. The SMILES string of the molecule is CCc1nc(CN(CC(=O)O)c2ccc(Cl)cc2)no1. The lowest BCUT2D eigenvalue weighted by atomic mass is 10.3. The Labute approximate surface area is 121 Å². The van der Waals surface area contributed by atoms with Gasteiger partial charge in [-0.25, -0.2) is 0 Å². The lowest BCUT2D eigenvalue weighted by Crippen LogP contribution is -2.29. The van der Waals surface area contributed by atoms with E-state index >= 15 is 0 Å². The summed E-state index contributed by atoms with van der Waals surface area (Å²) >= 11 is 5.83. The van der Waals surface area contributed by atoms with Gasteiger partial charge in [0.1, 0.15) is 6.54 Å². The molecule has 0 bridgehead atoms. The molecule has 0 aliphatic carbocycles. The molecule has 0 radical (unpaired) electrons. The molecule has 106 valence electrons. The molecule has 2 rings (SSSR count). The predicted octanol–water partition coefficient (Wildman–Crippen LogP) is 2.38. The predicted molar refractivity (Wildman–Crippen MR) is 73.8 cm³/mol. The molecule has 0 atom stereocenters. The minimum Gasteiger partial charge on any atom is -0.480 e. The van der Waals surface area contributed by atoms with E-state index in [1.807, 2.05) is 6.92 Å². The molecule has 0 aliphatic rings. The third kappa shape index (κ3) is 3.71. The largest absolute Gasteiger partial charge is 0.480 e. The van der Waals surface area contributed by atoms with Gasteiger partial charge >= 0.3 is 5.97 Å². The van der Waals surface area contributed by atoms with E-state index in [0.29, 0.717) is 23.2 Å². The molecule has 7 heteroatoms. The van der Waals surface area contributed by atoms with E-state index in [9.17, 15) is 4.79 Å². The Kier molecular flexibility index (Phi) is 4.57. The molecular formula is C13H14ClN3O3. The fourth-order valence-corrected chi connectivity index (χ4v) is 1.85. The zero-order valence-electron chi connectivity index (χ0n) is 10.9. The number of carboxylic acid groups (broad SMARTS) is 1. The number of carboxylic acids is 1. The van der Waals surface area contributed by atoms with Crippen LogP contribution in [-0.4, -0.2) is 27.8 Å². The van der Waals surface area contributed by atoms with Crippen LogP contribution in [-0.2, 0) is 17.8 Å². The molecule has 0 saturated heterocycles. The number of nitrogens with zero attached hydrogens (tertiary/aromatic N) is 3. The van der Waals surface area contributed by atoms with Crippen molar-refractivity contribution in [2.75, 3.05) is 11.4 Å². The lowest BCUT2D eigenvalue weighted by molar-refractivity contribution is -0.135. The zero-order valence-corrected chi connectivity index (χ0v) is 11.7. The van der Waals surface area contributed by atoms with E-state index in [1.54, 1.807) is 29.2 Å². The fourth-order valence-electron chi connectivity index (χ4n) is 1.72. The van der Waals surface area contributed by atoms with Crippen LogP contribution in [0.4, 0.5) is 5.69 Å². The van der Waals surface area contributed by atoms with Crippen LogP contribution in [0.15, 0.2) is 28.8 Å². The van der Waals surface area contributed by atoms with Crippen molar-refractivity contribution in [2.24, 2.45) is 0 Å².